The molecule has 0 aliphatic rings. The molecule has 0 N–H and O–H groups in total. The van der Waals surface area contributed by atoms with Gasteiger partial charge in [0.25, 0.3) is 0 Å². The van der Waals surface area contributed by atoms with Gasteiger partial charge in [0.15, 0.2) is 0 Å². The van der Waals surface area contributed by atoms with Gasteiger partial charge in [0.05, 0.1) is 16.4 Å². The number of aromatic nitrogens is 1. The highest BCUT2D eigenvalue weighted by Gasteiger charge is 2.21. The standard InChI is InChI=1S/C60H37NO/c1-3-16-38(17-4-1)43-31-32-51(45-23-8-7-22-44(43)45)58-49-27-11-9-25-47(49)57(48-26-10-12-28-50(48)58)41-19-15-18-39(36-41)40-30-34-55-53(37-40)59-56(62-55)35-33-52-46-24-13-14-29-54(46)61(60(52)59)42-20-5-2-6-21-42/h1-37H. The van der Waals surface area contributed by atoms with Gasteiger partial charge in [-0.05, 0) is 125 Å². The van der Waals surface area contributed by atoms with Crippen LogP contribution in [0, 0.1) is 0 Å². The van der Waals surface area contributed by atoms with Crippen molar-refractivity contribution in [1.82, 2.24) is 4.57 Å². The lowest BCUT2D eigenvalue weighted by atomic mass is 9.83. The van der Waals surface area contributed by atoms with Crippen molar-refractivity contribution in [3.05, 3.63) is 224 Å². The summed E-state index contributed by atoms with van der Waals surface area (Å²) < 4.78 is 9.02. The quantitative estimate of drug-likeness (QED) is 0.159. The molecular weight excluding hydrogens is 751 g/mol. The maximum absolute atomic E-state index is 6.62. The van der Waals surface area contributed by atoms with Gasteiger partial charge in [-0.15, -0.1) is 0 Å². The zero-order valence-electron chi connectivity index (χ0n) is 33.7. The van der Waals surface area contributed by atoms with Gasteiger partial charge < -0.3 is 8.98 Å². The van der Waals surface area contributed by atoms with Crippen LogP contribution in [0.1, 0.15) is 0 Å². The number of benzene rings is 11. The zero-order chi connectivity index (χ0) is 40.7. The number of furan rings is 1. The normalized spacial score (nSPS) is 11.9. The first-order valence-corrected chi connectivity index (χ1v) is 21.3. The van der Waals surface area contributed by atoms with Crippen molar-refractivity contribution < 1.29 is 4.42 Å². The molecular formula is C60H37NO. The summed E-state index contributed by atoms with van der Waals surface area (Å²) in [6.45, 7) is 0. The zero-order valence-corrected chi connectivity index (χ0v) is 33.7. The van der Waals surface area contributed by atoms with Crippen molar-refractivity contribution in [3.8, 4) is 50.2 Å². The minimum atomic E-state index is 0.883. The molecule has 11 aromatic carbocycles. The van der Waals surface area contributed by atoms with Gasteiger partial charge in [0, 0.05) is 21.8 Å². The molecule has 0 bridgehead atoms. The molecule has 0 radical (unpaired) electrons. The second-order valence-electron chi connectivity index (χ2n) is 16.3. The first kappa shape index (κ1) is 34.6. The maximum Gasteiger partial charge on any atom is 0.137 e. The number of rotatable bonds is 5. The van der Waals surface area contributed by atoms with Crippen LogP contribution >= 0.6 is 0 Å². The van der Waals surface area contributed by atoms with Gasteiger partial charge in [-0.2, -0.15) is 0 Å². The van der Waals surface area contributed by atoms with Crippen molar-refractivity contribution in [1.29, 1.82) is 0 Å². The highest BCUT2D eigenvalue weighted by atomic mass is 16.3. The van der Waals surface area contributed by atoms with E-state index in [4.69, 9.17) is 4.42 Å². The number of para-hydroxylation sites is 2. The first-order chi connectivity index (χ1) is 30.8. The van der Waals surface area contributed by atoms with Crippen LogP contribution in [0.4, 0.5) is 0 Å². The molecule has 13 aromatic rings. The van der Waals surface area contributed by atoms with E-state index < -0.39 is 0 Å². The van der Waals surface area contributed by atoms with Crippen LogP contribution in [0.3, 0.4) is 0 Å². The summed E-state index contributed by atoms with van der Waals surface area (Å²) in [4.78, 5) is 0. The van der Waals surface area contributed by atoms with E-state index >= 15 is 0 Å². The first-order valence-electron chi connectivity index (χ1n) is 21.3. The molecule has 0 amide bonds. The molecule has 0 aliphatic carbocycles. The maximum atomic E-state index is 6.62. The Kier molecular flexibility index (Phi) is 7.64. The predicted molar refractivity (Wildman–Crippen MR) is 262 cm³/mol. The molecule has 0 fully saturated rings. The van der Waals surface area contributed by atoms with E-state index in [1.165, 1.54) is 87.5 Å². The summed E-state index contributed by atoms with van der Waals surface area (Å²) in [5.41, 5.74) is 15.0. The Bertz CT molecular complexity index is 3850. The molecule has 288 valence electrons. The lowest BCUT2D eigenvalue weighted by molar-refractivity contribution is 0.669. The Labute approximate surface area is 358 Å². The lowest BCUT2D eigenvalue weighted by Crippen LogP contribution is -1.93. The molecule has 0 spiro atoms. The van der Waals surface area contributed by atoms with Crippen LogP contribution < -0.4 is 0 Å². The second-order valence-corrected chi connectivity index (χ2v) is 16.3. The Hall–Kier alpha value is -8.20. The topological polar surface area (TPSA) is 18.1 Å². The fourth-order valence-electron chi connectivity index (χ4n) is 10.3. The van der Waals surface area contributed by atoms with Crippen LogP contribution in [0.15, 0.2) is 229 Å². The average Bonchev–Trinajstić information content (AvgIpc) is 3.89. The molecule has 0 saturated heterocycles. The minimum Gasteiger partial charge on any atom is -0.456 e. The Morgan fingerprint density at radius 3 is 1.55 bits per heavy atom. The SMILES string of the molecule is c1ccc(-c2ccc(-c3c4ccccc4c(-c4cccc(-c5ccc6oc7ccc8c9ccccc9n(-c9ccccc9)c8c7c6c5)c4)c4ccccc34)c3ccccc23)cc1. The van der Waals surface area contributed by atoms with Crippen LogP contribution in [-0.2, 0) is 0 Å². The summed E-state index contributed by atoms with van der Waals surface area (Å²) in [6, 6.07) is 81.7. The van der Waals surface area contributed by atoms with E-state index in [0.29, 0.717) is 0 Å². The van der Waals surface area contributed by atoms with Crippen molar-refractivity contribution >= 4 is 76.1 Å². The molecule has 2 heteroatoms. The second kappa shape index (κ2) is 13.7. The largest absolute Gasteiger partial charge is 0.456 e. The fraction of sp³-hybridized carbons (Fsp3) is 0. The summed E-state index contributed by atoms with van der Waals surface area (Å²) >= 11 is 0. The molecule has 2 aromatic heterocycles. The summed E-state index contributed by atoms with van der Waals surface area (Å²) in [6.07, 6.45) is 0. The lowest BCUT2D eigenvalue weighted by Gasteiger charge is -2.20. The molecule has 0 unspecified atom stereocenters. The van der Waals surface area contributed by atoms with Crippen molar-refractivity contribution in [3.63, 3.8) is 0 Å². The predicted octanol–water partition coefficient (Wildman–Crippen LogP) is 16.8. The Morgan fingerprint density at radius 1 is 0.290 bits per heavy atom. The molecule has 13 rings (SSSR count). The third-order valence-corrected chi connectivity index (χ3v) is 13.0. The number of hydrogen-bond acceptors (Lipinski definition) is 1. The summed E-state index contributed by atoms with van der Waals surface area (Å²) in [5, 5.41) is 12.2. The van der Waals surface area contributed by atoms with Crippen LogP contribution in [0.25, 0.3) is 126 Å². The van der Waals surface area contributed by atoms with Gasteiger partial charge in [0.1, 0.15) is 11.2 Å². The molecule has 62 heavy (non-hydrogen) atoms. The minimum absolute atomic E-state index is 0.883. The molecule has 0 saturated carbocycles. The van der Waals surface area contributed by atoms with Crippen LogP contribution in [0.2, 0.25) is 0 Å². The van der Waals surface area contributed by atoms with Crippen molar-refractivity contribution in [2.24, 2.45) is 0 Å². The number of hydrogen-bond donors (Lipinski definition) is 0. The average molecular weight is 788 g/mol. The molecule has 0 aliphatic heterocycles. The number of fused-ring (bicyclic) bond motifs is 10. The third-order valence-electron chi connectivity index (χ3n) is 13.0. The van der Waals surface area contributed by atoms with Gasteiger partial charge in [0.2, 0.25) is 0 Å². The van der Waals surface area contributed by atoms with E-state index in [2.05, 4.69) is 229 Å². The van der Waals surface area contributed by atoms with Crippen LogP contribution in [0.5, 0.6) is 0 Å². The monoisotopic (exact) mass is 787 g/mol. The van der Waals surface area contributed by atoms with E-state index in [9.17, 15) is 0 Å². The van der Waals surface area contributed by atoms with Gasteiger partial charge in [-0.1, -0.05) is 176 Å². The summed E-state index contributed by atoms with van der Waals surface area (Å²) in [7, 11) is 0. The smallest absolute Gasteiger partial charge is 0.137 e. The number of nitrogens with zero attached hydrogens (tertiary/aromatic N) is 1. The highest BCUT2D eigenvalue weighted by Crippen LogP contribution is 2.47. The van der Waals surface area contributed by atoms with Gasteiger partial charge >= 0.3 is 0 Å². The van der Waals surface area contributed by atoms with E-state index in [0.717, 1.165) is 38.8 Å². The van der Waals surface area contributed by atoms with Crippen LogP contribution in [-0.4, -0.2) is 4.57 Å². The molecule has 2 heterocycles. The highest BCUT2D eigenvalue weighted by molar-refractivity contribution is 6.26. The van der Waals surface area contributed by atoms with E-state index in [-0.39, 0.29) is 0 Å². The van der Waals surface area contributed by atoms with Crippen molar-refractivity contribution in [2.45, 2.75) is 0 Å². The fourth-order valence-corrected chi connectivity index (χ4v) is 10.3. The summed E-state index contributed by atoms with van der Waals surface area (Å²) in [5.74, 6) is 0. The van der Waals surface area contributed by atoms with Gasteiger partial charge in [-0.3, -0.25) is 0 Å². The van der Waals surface area contributed by atoms with E-state index in [1.54, 1.807) is 0 Å². The molecule has 0 atom stereocenters. The third kappa shape index (κ3) is 5.17. The van der Waals surface area contributed by atoms with Gasteiger partial charge in [-0.25, -0.2) is 0 Å². The molecule has 2 nitrogen and oxygen atoms in total. The van der Waals surface area contributed by atoms with Crippen molar-refractivity contribution in [2.75, 3.05) is 0 Å². The Balaban J connectivity index is 1.02. The van der Waals surface area contributed by atoms with E-state index in [1.807, 2.05) is 0 Å². The Morgan fingerprint density at radius 2 is 0.823 bits per heavy atom.